The normalized spacial score (nSPS) is 24.3. The molecule has 1 aliphatic rings. The Morgan fingerprint density at radius 2 is 2.00 bits per heavy atom. The van der Waals surface area contributed by atoms with Gasteiger partial charge in [-0.1, -0.05) is 17.7 Å². The van der Waals surface area contributed by atoms with E-state index in [0.717, 1.165) is 31.4 Å². The molecular weight excluding hydrogens is 238 g/mol. The number of aliphatic carboxylic acids is 1. The molecular formula is C13H16ClNO2. The number of carboxylic acid groups (broad SMARTS) is 1. The van der Waals surface area contributed by atoms with E-state index >= 15 is 0 Å². The first kappa shape index (κ1) is 12.2. The van der Waals surface area contributed by atoms with Crippen molar-refractivity contribution < 1.29 is 9.90 Å². The molecule has 0 bridgehead atoms. The largest absolute Gasteiger partial charge is 0.481 e. The van der Waals surface area contributed by atoms with E-state index in [1.807, 2.05) is 24.3 Å². The van der Waals surface area contributed by atoms with Gasteiger partial charge in [0.25, 0.3) is 0 Å². The third-order valence-corrected chi connectivity index (χ3v) is 3.51. The van der Waals surface area contributed by atoms with Gasteiger partial charge in [-0.25, -0.2) is 0 Å². The van der Waals surface area contributed by atoms with Crippen molar-refractivity contribution >= 4 is 23.3 Å². The van der Waals surface area contributed by atoms with Gasteiger partial charge in [0.2, 0.25) is 0 Å². The summed E-state index contributed by atoms with van der Waals surface area (Å²) in [5, 5.41) is 13.0. The van der Waals surface area contributed by atoms with E-state index in [9.17, 15) is 4.79 Å². The van der Waals surface area contributed by atoms with Crippen LogP contribution in [0.4, 0.5) is 5.69 Å². The van der Waals surface area contributed by atoms with Gasteiger partial charge in [-0.15, -0.1) is 0 Å². The van der Waals surface area contributed by atoms with Crippen molar-refractivity contribution in [2.75, 3.05) is 5.32 Å². The molecule has 1 aromatic rings. The van der Waals surface area contributed by atoms with Crippen LogP contribution in [0, 0.1) is 5.92 Å². The van der Waals surface area contributed by atoms with E-state index in [1.54, 1.807) is 0 Å². The van der Waals surface area contributed by atoms with Crippen LogP contribution in [0.5, 0.6) is 0 Å². The Morgan fingerprint density at radius 3 is 2.59 bits per heavy atom. The number of hydrogen-bond acceptors (Lipinski definition) is 2. The molecule has 0 aliphatic heterocycles. The first-order valence-electron chi connectivity index (χ1n) is 5.90. The predicted octanol–water partition coefficient (Wildman–Crippen LogP) is 3.40. The van der Waals surface area contributed by atoms with Crippen LogP contribution in [0.3, 0.4) is 0 Å². The maximum atomic E-state index is 10.8. The molecule has 17 heavy (non-hydrogen) atoms. The lowest BCUT2D eigenvalue weighted by Crippen LogP contribution is -2.29. The highest BCUT2D eigenvalue weighted by molar-refractivity contribution is 6.30. The van der Waals surface area contributed by atoms with Gasteiger partial charge in [-0.3, -0.25) is 4.79 Å². The summed E-state index contributed by atoms with van der Waals surface area (Å²) in [5.41, 5.74) is 1.01. The van der Waals surface area contributed by atoms with E-state index in [2.05, 4.69) is 5.32 Å². The molecule has 0 atom stereocenters. The van der Waals surface area contributed by atoms with E-state index in [1.165, 1.54) is 0 Å². The maximum Gasteiger partial charge on any atom is 0.306 e. The third-order valence-electron chi connectivity index (χ3n) is 3.27. The number of anilines is 1. The van der Waals surface area contributed by atoms with Crippen molar-refractivity contribution in [3.63, 3.8) is 0 Å². The molecule has 3 nitrogen and oxygen atoms in total. The summed E-state index contributed by atoms with van der Waals surface area (Å²) < 4.78 is 0. The number of rotatable bonds is 3. The second-order valence-electron chi connectivity index (χ2n) is 4.54. The molecule has 0 aromatic heterocycles. The van der Waals surface area contributed by atoms with Crippen molar-refractivity contribution in [2.45, 2.75) is 31.7 Å². The monoisotopic (exact) mass is 253 g/mol. The lowest BCUT2D eigenvalue weighted by molar-refractivity contribution is -0.142. The minimum atomic E-state index is -0.661. The third kappa shape index (κ3) is 3.37. The Balaban J connectivity index is 1.88. The Labute approximate surface area is 106 Å². The smallest absolute Gasteiger partial charge is 0.306 e. The fourth-order valence-electron chi connectivity index (χ4n) is 2.30. The van der Waals surface area contributed by atoms with E-state index in [0.29, 0.717) is 11.1 Å². The van der Waals surface area contributed by atoms with E-state index in [4.69, 9.17) is 16.7 Å². The summed E-state index contributed by atoms with van der Waals surface area (Å²) in [4.78, 5) is 10.8. The maximum absolute atomic E-state index is 10.8. The fourth-order valence-corrected chi connectivity index (χ4v) is 2.49. The minimum Gasteiger partial charge on any atom is -0.481 e. The molecule has 0 spiro atoms. The van der Waals surface area contributed by atoms with Crippen LogP contribution in [0.1, 0.15) is 25.7 Å². The number of hydrogen-bond donors (Lipinski definition) is 2. The second-order valence-corrected chi connectivity index (χ2v) is 4.98. The topological polar surface area (TPSA) is 49.3 Å². The summed E-state index contributed by atoms with van der Waals surface area (Å²) in [6, 6.07) is 7.99. The zero-order valence-electron chi connectivity index (χ0n) is 9.53. The standard InChI is InChI=1S/C13H16ClNO2/c14-10-2-1-3-12(8-10)15-11-6-4-9(5-7-11)13(16)17/h1-3,8-9,11,15H,4-7H2,(H,16,17). The van der Waals surface area contributed by atoms with Gasteiger partial charge < -0.3 is 10.4 Å². The van der Waals surface area contributed by atoms with Crippen molar-refractivity contribution in [3.8, 4) is 0 Å². The van der Waals surface area contributed by atoms with Crippen molar-refractivity contribution in [1.82, 2.24) is 0 Å². The predicted molar refractivity (Wildman–Crippen MR) is 68.5 cm³/mol. The molecule has 0 saturated heterocycles. The van der Waals surface area contributed by atoms with Gasteiger partial charge in [0.15, 0.2) is 0 Å². The van der Waals surface area contributed by atoms with Crippen molar-refractivity contribution in [1.29, 1.82) is 0 Å². The molecule has 0 heterocycles. The van der Waals surface area contributed by atoms with Crippen LogP contribution >= 0.6 is 11.6 Å². The highest BCUT2D eigenvalue weighted by Crippen LogP contribution is 2.27. The first-order chi connectivity index (χ1) is 8.15. The van der Waals surface area contributed by atoms with Crippen LogP contribution in [-0.4, -0.2) is 17.1 Å². The second kappa shape index (κ2) is 5.41. The minimum absolute atomic E-state index is 0.160. The van der Waals surface area contributed by atoms with Crippen molar-refractivity contribution in [3.05, 3.63) is 29.3 Å². The first-order valence-corrected chi connectivity index (χ1v) is 6.28. The van der Waals surface area contributed by atoms with Crippen molar-refractivity contribution in [2.24, 2.45) is 5.92 Å². The summed E-state index contributed by atoms with van der Waals surface area (Å²) in [7, 11) is 0. The zero-order chi connectivity index (χ0) is 12.3. The van der Waals surface area contributed by atoms with Crippen LogP contribution in [0.15, 0.2) is 24.3 Å². The van der Waals surface area contributed by atoms with Crippen LogP contribution in [-0.2, 0) is 4.79 Å². The van der Waals surface area contributed by atoms with Crippen LogP contribution in [0.2, 0.25) is 5.02 Å². The Hall–Kier alpha value is -1.22. The van der Waals surface area contributed by atoms with Gasteiger partial charge in [-0.2, -0.15) is 0 Å². The molecule has 2 N–H and O–H groups in total. The molecule has 1 fully saturated rings. The van der Waals surface area contributed by atoms with Gasteiger partial charge in [0.1, 0.15) is 0 Å². The molecule has 1 saturated carbocycles. The lowest BCUT2D eigenvalue weighted by Gasteiger charge is -2.27. The zero-order valence-corrected chi connectivity index (χ0v) is 10.3. The van der Waals surface area contributed by atoms with Gasteiger partial charge in [0.05, 0.1) is 5.92 Å². The molecule has 2 rings (SSSR count). The number of nitrogens with one attached hydrogen (secondary N) is 1. The average molecular weight is 254 g/mol. The Kier molecular flexibility index (Phi) is 3.89. The number of benzene rings is 1. The lowest BCUT2D eigenvalue weighted by atomic mass is 9.86. The SMILES string of the molecule is O=C(O)C1CCC(Nc2cccc(Cl)c2)CC1. The highest BCUT2D eigenvalue weighted by atomic mass is 35.5. The van der Waals surface area contributed by atoms with E-state index < -0.39 is 5.97 Å². The summed E-state index contributed by atoms with van der Waals surface area (Å²) in [6.45, 7) is 0. The Morgan fingerprint density at radius 1 is 1.29 bits per heavy atom. The molecule has 0 unspecified atom stereocenters. The molecule has 0 radical (unpaired) electrons. The molecule has 4 heteroatoms. The average Bonchev–Trinajstić information content (AvgIpc) is 2.29. The summed E-state index contributed by atoms with van der Waals surface area (Å²) in [6.07, 6.45) is 3.33. The number of carboxylic acids is 1. The quantitative estimate of drug-likeness (QED) is 0.868. The number of halogens is 1. The van der Waals surface area contributed by atoms with E-state index in [-0.39, 0.29) is 5.92 Å². The summed E-state index contributed by atoms with van der Waals surface area (Å²) in [5.74, 6) is -0.821. The highest BCUT2D eigenvalue weighted by Gasteiger charge is 2.25. The summed E-state index contributed by atoms with van der Waals surface area (Å²) >= 11 is 5.91. The fraction of sp³-hybridized carbons (Fsp3) is 0.462. The molecule has 92 valence electrons. The molecule has 1 aromatic carbocycles. The van der Waals surface area contributed by atoms with Gasteiger partial charge in [-0.05, 0) is 43.9 Å². The Bertz CT molecular complexity index is 400. The number of carbonyl (C=O) groups is 1. The van der Waals surface area contributed by atoms with Gasteiger partial charge >= 0.3 is 5.97 Å². The molecule has 0 amide bonds. The van der Waals surface area contributed by atoms with Crippen LogP contribution in [0.25, 0.3) is 0 Å². The van der Waals surface area contributed by atoms with Crippen LogP contribution < -0.4 is 5.32 Å². The molecule has 1 aliphatic carbocycles. The van der Waals surface area contributed by atoms with Gasteiger partial charge in [0, 0.05) is 16.8 Å².